The van der Waals surface area contributed by atoms with E-state index in [2.05, 4.69) is 38.1 Å². The summed E-state index contributed by atoms with van der Waals surface area (Å²) in [5.74, 6) is 0. The van der Waals surface area contributed by atoms with Crippen molar-refractivity contribution in [2.75, 3.05) is 20.6 Å². The molecule has 0 fully saturated rings. The van der Waals surface area contributed by atoms with E-state index in [1.54, 1.807) is 0 Å². The summed E-state index contributed by atoms with van der Waals surface area (Å²) in [4.78, 5) is 2.20. The summed E-state index contributed by atoms with van der Waals surface area (Å²) in [6.07, 6.45) is 0. The van der Waals surface area contributed by atoms with Gasteiger partial charge in [0.2, 0.25) is 0 Å². The van der Waals surface area contributed by atoms with Crippen LogP contribution in [0.4, 0.5) is 0 Å². The Morgan fingerprint density at radius 1 is 1.38 bits per heavy atom. The predicted molar refractivity (Wildman–Crippen MR) is 41.7 cm³/mol. The van der Waals surface area contributed by atoms with Crippen LogP contribution in [0.25, 0.3) is 0 Å². The fourth-order valence-electron chi connectivity index (χ4n) is 0.422. The molecule has 0 atom stereocenters. The first-order chi connectivity index (χ1) is 3.63. The molecule has 0 saturated carbocycles. The SMILES string of the molecule is CN(C)C[CH][SiH](C)C. The Morgan fingerprint density at radius 2 is 1.88 bits per heavy atom. The van der Waals surface area contributed by atoms with Crippen molar-refractivity contribution < 1.29 is 0 Å². The lowest BCUT2D eigenvalue weighted by Gasteiger charge is -2.09. The summed E-state index contributed by atoms with van der Waals surface area (Å²) in [7, 11) is 3.82. The Kier molecular flexibility index (Phi) is 4.19. The molecule has 0 heterocycles. The van der Waals surface area contributed by atoms with Crippen LogP contribution in [0.3, 0.4) is 0 Å². The van der Waals surface area contributed by atoms with Crippen LogP contribution in [0.1, 0.15) is 0 Å². The predicted octanol–water partition coefficient (Wildman–Crippen LogP) is 0.778. The van der Waals surface area contributed by atoms with Gasteiger partial charge in [-0.2, -0.15) is 0 Å². The molecular weight excluding hydrogens is 114 g/mol. The fourth-order valence-corrected chi connectivity index (χ4v) is 1.26. The van der Waals surface area contributed by atoms with Crippen molar-refractivity contribution in [1.29, 1.82) is 0 Å². The van der Waals surface area contributed by atoms with Gasteiger partial charge in [-0.3, -0.25) is 0 Å². The summed E-state index contributed by atoms with van der Waals surface area (Å²) in [5.41, 5.74) is 0. The van der Waals surface area contributed by atoms with Gasteiger partial charge in [-0.15, -0.1) is 0 Å². The molecule has 0 aliphatic carbocycles. The lowest BCUT2D eigenvalue weighted by atomic mass is 10.7. The van der Waals surface area contributed by atoms with Crippen LogP contribution in [0.5, 0.6) is 0 Å². The Hall–Kier alpha value is 0.177. The Bertz CT molecular complexity index is 44.5. The molecule has 0 bridgehead atoms. The highest BCUT2D eigenvalue weighted by molar-refractivity contribution is 6.59. The summed E-state index contributed by atoms with van der Waals surface area (Å²) in [5, 5.41) is 0. The van der Waals surface area contributed by atoms with E-state index in [9.17, 15) is 0 Å². The first-order valence-electron chi connectivity index (χ1n) is 3.11. The van der Waals surface area contributed by atoms with E-state index in [4.69, 9.17) is 0 Å². The highest BCUT2D eigenvalue weighted by Crippen LogP contribution is 1.87. The Labute approximate surface area is 54.3 Å². The molecule has 0 aliphatic rings. The third-order valence-corrected chi connectivity index (χ3v) is 2.10. The second kappa shape index (κ2) is 4.10. The largest absolute Gasteiger partial charge is 0.309 e. The summed E-state index contributed by atoms with van der Waals surface area (Å²) < 4.78 is 0. The third-order valence-electron chi connectivity index (χ3n) is 0.942. The van der Waals surface area contributed by atoms with E-state index < -0.39 is 8.80 Å². The van der Waals surface area contributed by atoms with Crippen molar-refractivity contribution in [2.24, 2.45) is 0 Å². The van der Waals surface area contributed by atoms with E-state index in [0.717, 1.165) is 6.54 Å². The standard InChI is InChI=1S/C6H16NSi/c1-7(2)5-6-8(3)4/h6,8H,5H2,1-4H3. The van der Waals surface area contributed by atoms with E-state index >= 15 is 0 Å². The average Bonchev–Trinajstić information content (AvgIpc) is 1.61. The molecule has 2 heteroatoms. The number of hydrogen-bond acceptors (Lipinski definition) is 1. The van der Waals surface area contributed by atoms with Crippen LogP contribution in [0.15, 0.2) is 0 Å². The molecule has 0 aromatic rings. The minimum absolute atomic E-state index is 0.393. The fraction of sp³-hybridized carbons (Fsp3) is 0.833. The Morgan fingerprint density at radius 3 is 2.00 bits per heavy atom. The quantitative estimate of drug-likeness (QED) is 0.510. The molecule has 0 unspecified atom stereocenters. The van der Waals surface area contributed by atoms with Gasteiger partial charge >= 0.3 is 0 Å². The van der Waals surface area contributed by atoms with Gasteiger partial charge in [0, 0.05) is 8.80 Å². The molecule has 0 N–H and O–H groups in total. The van der Waals surface area contributed by atoms with Crippen LogP contribution in [-0.4, -0.2) is 34.3 Å². The molecule has 0 amide bonds. The highest BCUT2D eigenvalue weighted by Gasteiger charge is 1.95. The van der Waals surface area contributed by atoms with E-state index in [1.165, 1.54) is 0 Å². The van der Waals surface area contributed by atoms with Crippen LogP contribution in [0.2, 0.25) is 13.1 Å². The molecule has 8 heavy (non-hydrogen) atoms. The van der Waals surface area contributed by atoms with E-state index in [1.807, 2.05) is 0 Å². The van der Waals surface area contributed by atoms with Crippen LogP contribution < -0.4 is 0 Å². The smallest absolute Gasteiger partial charge is 0.0353 e. The van der Waals surface area contributed by atoms with Gasteiger partial charge in [-0.25, -0.2) is 0 Å². The van der Waals surface area contributed by atoms with Gasteiger partial charge < -0.3 is 4.90 Å². The van der Waals surface area contributed by atoms with Gasteiger partial charge in [0.15, 0.2) is 0 Å². The van der Waals surface area contributed by atoms with Crippen molar-refractivity contribution >= 4 is 8.80 Å². The molecule has 0 aliphatic heterocycles. The van der Waals surface area contributed by atoms with E-state index in [0.29, 0.717) is 0 Å². The highest BCUT2D eigenvalue weighted by atomic mass is 28.3. The van der Waals surface area contributed by atoms with Crippen LogP contribution >= 0.6 is 0 Å². The topological polar surface area (TPSA) is 3.24 Å². The Balaban J connectivity index is 2.93. The average molecular weight is 130 g/mol. The minimum atomic E-state index is -0.393. The zero-order valence-electron chi connectivity index (χ0n) is 6.31. The zero-order chi connectivity index (χ0) is 6.57. The third kappa shape index (κ3) is 6.18. The molecule has 0 aromatic heterocycles. The normalized spacial score (nSPS) is 11.2. The second-order valence-corrected chi connectivity index (χ2v) is 5.70. The van der Waals surface area contributed by atoms with Gasteiger partial charge in [0.25, 0.3) is 0 Å². The summed E-state index contributed by atoms with van der Waals surface area (Å²) >= 11 is 0. The summed E-state index contributed by atoms with van der Waals surface area (Å²) in [6, 6.07) is 2.43. The molecule has 49 valence electrons. The maximum atomic E-state index is 2.43. The maximum absolute atomic E-state index is 2.43. The summed E-state index contributed by atoms with van der Waals surface area (Å²) in [6.45, 7) is 5.83. The van der Waals surface area contributed by atoms with Crippen molar-refractivity contribution in [2.45, 2.75) is 13.1 Å². The van der Waals surface area contributed by atoms with E-state index in [-0.39, 0.29) is 0 Å². The van der Waals surface area contributed by atoms with Crippen molar-refractivity contribution in [3.8, 4) is 0 Å². The van der Waals surface area contributed by atoms with Crippen LogP contribution in [0, 0.1) is 6.04 Å². The maximum Gasteiger partial charge on any atom is 0.0353 e. The first-order valence-corrected chi connectivity index (χ1v) is 6.08. The molecule has 0 spiro atoms. The second-order valence-electron chi connectivity index (χ2n) is 2.74. The number of nitrogens with zero attached hydrogens (tertiary/aromatic N) is 1. The zero-order valence-corrected chi connectivity index (χ0v) is 7.46. The van der Waals surface area contributed by atoms with Crippen molar-refractivity contribution in [1.82, 2.24) is 4.90 Å². The number of hydrogen-bond donors (Lipinski definition) is 0. The molecule has 1 nitrogen and oxygen atoms in total. The minimum Gasteiger partial charge on any atom is -0.309 e. The van der Waals surface area contributed by atoms with Gasteiger partial charge in [0.1, 0.15) is 0 Å². The molecule has 1 radical (unpaired) electrons. The monoisotopic (exact) mass is 130 g/mol. The first kappa shape index (κ1) is 8.18. The van der Waals surface area contributed by atoms with Gasteiger partial charge in [-0.1, -0.05) is 13.1 Å². The molecule has 0 aromatic carbocycles. The lowest BCUT2D eigenvalue weighted by Crippen LogP contribution is -2.18. The van der Waals surface area contributed by atoms with Gasteiger partial charge in [0.05, 0.1) is 0 Å². The van der Waals surface area contributed by atoms with Crippen LogP contribution in [-0.2, 0) is 0 Å². The van der Waals surface area contributed by atoms with Crippen molar-refractivity contribution in [3.05, 3.63) is 6.04 Å². The lowest BCUT2D eigenvalue weighted by molar-refractivity contribution is 0.450. The van der Waals surface area contributed by atoms with Gasteiger partial charge in [-0.05, 0) is 26.7 Å². The molecular formula is C6H16NSi. The molecule has 0 rings (SSSR count). The number of rotatable bonds is 3. The van der Waals surface area contributed by atoms with Crippen molar-refractivity contribution in [3.63, 3.8) is 0 Å². The molecule has 0 saturated heterocycles.